The summed E-state index contributed by atoms with van der Waals surface area (Å²) in [5, 5.41) is 1.51. The quantitative estimate of drug-likeness (QED) is 0.367. The molecular formula is C14H14N2O2. The second-order valence-corrected chi connectivity index (χ2v) is 4.10. The number of fused-ring (bicyclic) bond motifs is 1. The first-order valence-electron chi connectivity index (χ1n) is 5.45. The van der Waals surface area contributed by atoms with E-state index in [-0.39, 0.29) is 0 Å². The van der Waals surface area contributed by atoms with Gasteiger partial charge < -0.3 is 16.2 Å². The smallest absolute Gasteiger partial charge is 0.338 e. The van der Waals surface area contributed by atoms with E-state index in [9.17, 15) is 4.79 Å². The summed E-state index contributed by atoms with van der Waals surface area (Å²) in [5.41, 5.74) is 12.9. The minimum Gasteiger partial charge on any atom is -0.420 e. The summed E-state index contributed by atoms with van der Waals surface area (Å²) in [6.45, 7) is 5.11. The molecule has 0 aliphatic heterocycles. The number of ether oxygens (including phenoxy) is 1. The van der Waals surface area contributed by atoms with Gasteiger partial charge in [-0.1, -0.05) is 24.8 Å². The minimum absolute atomic E-state index is 0.290. The van der Waals surface area contributed by atoms with Gasteiger partial charge in [0.1, 0.15) is 0 Å². The Labute approximate surface area is 105 Å². The lowest BCUT2D eigenvalue weighted by Crippen LogP contribution is -2.10. The second kappa shape index (κ2) is 4.41. The zero-order valence-corrected chi connectivity index (χ0v) is 10.1. The summed E-state index contributed by atoms with van der Waals surface area (Å²) in [6.07, 6.45) is 0. The number of hydrogen-bond acceptors (Lipinski definition) is 4. The van der Waals surface area contributed by atoms with Crippen molar-refractivity contribution in [3.8, 4) is 5.75 Å². The van der Waals surface area contributed by atoms with Crippen molar-refractivity contribution in [3.63, 3.8) is 0 Å². The van der Waals surface area contributed by atoms with Gasteiger partial charge >= 0.3 is 5.97 Å². The van der Waals surface area contributed by atoms with Crippen LogP contribution in [-0.2, 0) is 4.79 Å². The maximum absolute atomic E-state index is 11.6. The molecule has 0 aliphatic carbocycles. The fourth-order valence-electron chi connectivity index (χ4n) is 1.68. The lowest BCUT2D eigenvalue weighted by Gasteiger charge is -2.12. The number of anilines is 2. The summed E-state index contributed by atoms with van der Waals surface area (Å²) in [5.74, 6) is -0.226. The highest BCUT2D eigenvalue weighted by atomic mass is 16.5. The van der Waals surface area contributed by atoms with Gasteiger partial charge in [0.05, 0.1) is 5.69 Å². The zero-order chi connectivity index (χ0) is 13.3. The molecule has 0 atom stereocenters. The third-order valence-electron chi connectivity index (χ3n) is 2.60. The molecule has 2 aromatic rings. The Morgan fingerprint density at radius 2 is 1.89 bits per heavy atom. The van der Waals surface area contributed by atoms with Gasteiger partial charge in [0, 0.05) is 16.6 Å². The third kappa shape index (κ3) is 2.00. The van der Waals surface area contributed by atoms with Gasteiger partial charge in [0.2, 0.25) is 0 Å². The number of carbonyl (C=O) groups excluding carboxylic acids is 1. The Balaban J connectivity index is 2.64. The Bertz CT molecular complexity index is 648. The average molecular weight is 242 g/mol. The van der Waals surface area contributed by atoms with Crippen LogP contribution in [0.25, 0.3) is 10.8 Å². The molecule has 0 saturated carbocycles. The van der Waals surface area contributed by atoms with Crippen LogP contribution in [0.5, 0.6) is 5.75 Å². The van der Waals surface area contributed by atoms with Crippen molar-refractivity contribution in [1.29, 1.82) is 0 Å². The van der Waals surface area contributed by atoms with Crippen LogP contribution in [0.3, 0.4) is 0 Å². The van der Waals surface area contributed by atoms with E-state index in [1.165, 1.54) is 0 Å². The van der Waals surface area contributed by atoms with Crippen LogP contribution in [0.4, 0.5) is 11.4 Å². The summed E-state index contributed by atoms with van der Waals surface area (Å²) < 4.78 is 5.26. The van der Waals surface area contributed by atoms with Gasteiger partial charge in [-0.25, -0.2) is 4.79 Å². The third-order valence-corrected chi connectivity index (χ3v) is 2.60. The first kappa shape index (κ1) is 12.0. The van der Waals surface area contributed by atoms with Gasteiger partial charge in [-0.05, 0) is 24.4 Å². The van der Waals surface area contributed by atoms with Crippen molar-refractivity contribution in [2.75, 3.05) is 11.5 Å². The molecule has 0 fully saturated rings. The summed E-state index contributed by atoms with van der Waals surface area (Å²) in [4.78, 5) is 11.6. The molecule has 0 unspecified atom stereocenters. The van der Waals surface area contributed by atoms with Crippen LogP contribution < -0.4 is 16.2 Å². The van der Waals surface area contributed by atoms with Gasteiger partial charge in [-0.2, -0.15) is 0 Å². The molecule has 18 heavy (non-hydrogen) atoms. The molecule has 0 radical (unpaired) electrons. The Hall–Kier alpha value is -2.49. The number of nitrogen functional groups attached to an aromatic ring is 2. The van der Waals surface area contributed by atoms with Crippen molar-refractivity contribution >= 4 is 28.1 Å². The highest BCUT2D eigenvalue weighted by Crippen LogP contribution is 2.36. The van der Waals surface area contributed by atoms with E-state index >= 15 is 0 Å². The normalized spacial score (nSPS) is 10.3. The highest BCUT2D eigenvalue weighted by Gasteiger charge is 2.14. The zero-order valence-electron chi connectivity index (χ0n) is 10.1. The van der Waals surface area contributed by atoms with Gasteiger partial charge in [0.15, 0.2) is 5.75 Å². The molecule has 0 heterocycles. The average Bonchev–Trinajstić information content (AvgIpc) is 2.32. The number of rotatable bonds is 2. The van der Waals surface area contributed by atoms with Gasteiger partial charge in [-0.15, -0.1) is 0 Å². The number of benzene rings is 2. The predicted molar refractivity (Wildman–Crippen MR) is 73.2 cm³/mol. The topological polar surface area (TPSA) is 78.3 Å². The van der Waals surface area contributed by atoms with Crippen molar-refractivity contribution in [2.45, 2.75) is 6.92 Å². The van der Waals surface area contributed by atoms with Crippen LogP contribution in [-0.4, -0.2) is 5.97 Å². The first-order valence-corrected chi connectivity index (χ1v) is 5.45. The van der Waals surface area contributed by atoms with Crippen molar-refractivity contribution in [3.05, 3.63) is 42.5 Å². The van der Waals surface area contributed by atoms with Gasteiger partial charge in [-0.3, -0.25) is 0 Å². The van der Waals surface area contributed by atoms with Crippen molar-refractivity contribution in [2.24, 2.45) is 0 Å². The Kier molecular flexibility index (Phi) is 2.93. The molecule has 0 saturated heterocycles. The number of nitrogens with two attached hydrogens (primary N) is 2. The van der Waals surface area contributed by atoms with Crippen LogP contribution in [0.1, 0.15) is 6.92 Å². The summed E-state index contributed by atoms with van der Waals surface area (Å²) in [6, 6.07) is 8.96. The molecule has 2 rings (SSSR count). The fourth-order valence-corrected chi connectivity index (χ4v) is 1.68. The van der Waals surface area contributed by atoms with E-state index in [0.29, 0.717) is 28.1 Å². The first-order chi connectivity index (χ1) is 8.50. The second-order valence-electron chi connectivity index (χ2n) is 4.10. The maximum atomic E-state index is 11.6. The number of carbonyl (C=O) groups is 1. The van der Waals surface area contributed by atoms with E-state index in [4.69, 9.17) is 16.2 Å². The molecule has 0 aromatic heterocycles. The Morgan fingerprint density at radius 3 is 2.56 bits per heavy atom. The SMILES string of the molecule is C=C(C)C(=O)Oc1c(N)ccc2cccc(N)c12. The number of esters is 1. The number of hydrogen-bond donors (Lipinski definition) is 2. The molecule has 2 aromatic carbocycles. The minimum atomic E-state index is -0.516. The highest BCUT2D eigenvalue weighted by molar-refractivity contribution is 6.03. The maximum Gasteiger partial charge on any atom is 0.338 e. The van der Waals surface area contributed by atoms with Crippen molar-refractivity contribution < 1.29 is 9.53 Å². The summed E-state index contributed by atoms with van der Waals surface area (Å²) in [7, 11) is 0. The van der Waals surface area contributed by atoms with E-state index in [2.05, 4.69) is 6.58 Å². The van der Waals surface area contributed by atoms with E-state index < -0.39 is 5.97 Å². The molecule has 0 amide bonds. The van der Waals surface area contributed by atoms with E-state index in [1.807, 2.05) is 18.2 Å². The lowest BCUT2D eigenvalue weighted by molar-refractivity contribution is -0.129. The molecule has 4 nitrogen and oxygen atoms in total. The monoisotopic (exact) mass is 242 g/mol. The lowest BCUT2D eigenvalue weighted by atomic mass is 10.1. The van der Waals surface area contributed by atoms with Crippen molar-refractivity contribution in [1.82, 2.24) is 0 Å². The van der Waals surface area contributed by atoms with Gasteiger partial charge in [0.25, 0.3) is 0 Å². The standard InChI is InChI=1S/C14H14N2O2/c1-8(2)14(17)18-13-11(16)7-6-9-4-3-5-10(15)12(9)13/h3-7H,1,15-16H2,2H3. The molecule has 0 spiro atoms. The largest absolute Gasteiger partial charge is 0.420 e. The van der Waals surface area contributed by atoms with E-state index in [0.717, 1.165) is 5.39 Å². The van der Waals surface area contributed by atoms with Crippen LogP contribution >= 0.6 is 0 Å². The van der Waals surface area contributed by atoms with Crippen LogP contribution in [0.2, 0.25) is 0 Å². The van der Waals surface area contributed by atoms with Crippen LogP contribution in [0, 0.1) is 0 Å². The fraction of sp³-hybridized carbons (Fsp3) is 0.0714. The molecule has 92 valence electrons. The Morgan fingerprint density at radius 1 is 1.17 bits per heavy atom. The molecule has 0 bridgehead atoms. The molecule has 4 N–H and O–H groups in total. The predicted octanol–water partition coefficient (Wildman–Crippen LogP) is 2.49. The van der Waals surface area contributed by atoms with Crippen LogP contribution in [0.15, 0.2) is 42.5 Å². The summed E-state index contributed by atoms with van der Waals surface area (Å²) >= 11 is 0. The van der Waals surface area contributed by atoms with E-state index in [1.54, 1.807) is 19.1 Å². The molecule has 4 heteroatoms. The molecular weight excluding hydrogens is 228 g/mol. The molecule has 0 aliphatic rings.